The molecule has 7 nitrogen and oxygen atoms in total. The van der Waals surface area contributed by atoms with Gasteiger partial charge in [0.15, 0.2) is 0 Å². The first-order valence-corrected chi connectivity index (χ1v) is 9.57. The van der Waals surface area contributed by atoms with Crippen molar-refractivity contribution in [2.45, 2.75) is 12.8 Å². The fourth-order valence-corrected chi connectivity index (χ4v) is 3.20. The molecule has 0 aliphatic rings. The minimum atomic E-state index is -0.0852. The first-order valence-electron chi connectivity index (χ1n) is 9.57. The van der Waals surface area contributed by atoms with Crippen molar-refractivity contribution in [3.8, 4) is 22.8 Å². The van der Waals surface area contributed by atoms with E-state index in [9.17, 15) is 4.79 Å². The molecule has 2 heterocycles. The monoisotopic (exact) mass is 402 g/mol. The van der Waals surface area contributed by atoms with Gasteiger partial charge in [-0.25, -0.2) is 9.97 Å². The molecule has 4 aromatic rings. The molecule has 0 atom stereocenters. The Morgan fingerprint density at radius 1 is 1.10 bits per heavy atom. The van der Waals surface area contributed by atoms with Gasteiger partial charge in [0.1, 0.15) is 11.5 Å². The number of methoxy groups -OCH3 is 2. The van der Waals surface area contributed by atoms with Crippen LogP contribution in [-0.2, 0) is 11.2 Å². The maximum Gasteiger partial charge on any atom is 0.234 e. The summed E-state index contributed by atoms with van der Waals surface area (Å²) in [6.45, 7) is 0. The summed E-state index contributed by atoms with van der Waals surface area (Å²) < 4.78 is 12.4. The number of carbonyl (C=O) groups excluding carboxylic acids is 1. The Hall–Kier alpha value is -3.87. The molecule has 0 unspecified atom stereocenters. The normalized spacial score (nSPS) is 10.7. The van der Waals surface area contributed by atoms with Crippen LogP contribution >= 0.6 is 0 Å². The molecule has 0 aliphatic carbocycles. The molecule has 0 fully saturated rings. The predicted molar refractivity (Wildman–Crippen MR) is 115 cm³/mol. The van der Waals surface area contributed by atoms with Gasteiger partial charge in [0.2, 0.25) is 11.7 Å². The Bertz CT molecular complexity index is 1140. The maximum absolute atomic E-state index is 12.5. The molecular weight excluding hydrogens is 380 g/mol. The number of hydrogen-bond donors (Lipinski definition) is 1. The van der Waals surface area contributed by atoms with Crippen molar-refractivity contribution in [1.82, 2.24) is 14.4 Å². The Kier molecular flexibility index (Phi) is 5.61. The van der Waals surface area contributed by atoms with Gasteiger partial charge in [-0.15, -0.1) is 0 Å². The third-order valence-electron chi connectivity index (χ3n) is 4.80. The van der Waals surface area contributed by atoms with E-state index in [0.717, 1.165) is 22.6 Å². The van der Waals surface area contributed by atoms with E-state index < -0.39 is 0 Å². The van der Waals surface area contributed by atoms with Gasteiger partial charge in [0, 0.05) is 30.6 Å². The molecule has 0 radical (unpaired) electrons. The predicted octanol–water partition coefficient (Wildman–Crippen LogP) is 3.98. The quantitative estimate of drug-likeness (QED) is 0.506. The third-order valence-corrected chi connectivity index (χ3v) is 4.80. The van der Waals surface area contributed by atoms with Gasteiger partial charge in [-0.2, -0.15) is 0 Å². The minimum Gasteiger partial charge on any atom is -0.497 e. The highest BCUT2D eigenvalue weighted by Gasteiger charge is 2.12. The number of hydrogen-bond acceptors (Lipinski definition) is 5. The van der Waals surface area contributed by atoms with Gasteiger partial charge in [0.05, 0.1) is 25.6 Å². The Morgan fingerprint density at radius 2 is 1.93 bits per heavy atom. The molecule has 4 rings (SSSR count). The first kappa shape index (κ1) is 19.4. The molecule has 0 bridgehead atoms. The number of nitrogens with one attached hydrogen (secondary N) is 1. The molecule has 7 heteroatoms. The molecule has 1 amide bonds. The second-order valence-corrected chi connectivity index (χ2v) is 6.76. The summed E-state index contributed by atoms with van der Waals surface area (Å²) in [5, 5.41) is 2.96. The smallest absolute Gasteiger partial charge is 0.234 e. The number of anilines is 1. The van der Waals surface area contributed by atoms with E-state index >= 15 is 0 Å². The molecule has 0 saturated heterocycles. The number of benzene rings is 2. The molecule has 1 N–H and O–H groups in total. The lowest BCUT2D eigenvalue weighted by Gasteiger charge is -2.12. The number of aryl methyl sites for hydroxylation is 1. The fourth-order valence-electron chi connectivity index (χ4n) is 3.20. The average molecular weight is 402 g/mol. The van der Waals surface area contributed by atoms with Crippen LogP contribution in [0.2, 0.25) is 0 Å². The van der Waals surface area contributed by atoms with Crippen molar-refractivity contribution in [2.75, 3.05) is 19.5 Å². The van der Waals surface area contributed by atoms with Crippen LogP contribution in [0.1, 0.15) is 12.0 Å². The second kappa shape index (κ2) is 8.65. The Balaban J connectivity index is 1.49. The highest BCUT2D eigenvalue weighted by molar-refractivity contribution is 5.93. The first-order chi connectivity index (χ1) is 14.7. The molecule has 2 aromatic heterocycles. The van der Waals surface area contributed by atoms with Crippen LogP contribution in [0.5, 0.6) is 11.5 Å². The van der Waals surface area contributed by atoms with Crippen LogP contribution in [0, 0.1) is 0 Å². The number of amides is 1. The van der Waals surface area contributed by atoms with Gasteiger partial charge in [-0.3, -0.25) is 9.20 Å². The lowest BCUT2D eigenvalue weighted by atomic mass is 10.1. The van der Waals surface area contributed by atoms with Crippen molar-refractivity contribution >= 4 is 17.4 Å². The molecule has 152 valence electrons. The lowest BCUT2D eigenvalue weighted by molar-refractivity contribution is -0.116. The highest BCUT2D eigenvalue weighted by atomic mass is 16.5. The average Bonchev–Trinajstić information content (AvgIpc) is 3.22. The van der Waals surface area contributed by atoms with Crippen LogP contribution in [0.15, 0.2) is 67.1 Å². The van der Waals surface area contributed by atoms with Crippen LogP contribution in [0.3, 0.4) is 0 Å². The lowest BCUT2D eigenvalue weighted by Crippen LogP contribution is -2.13. The van der Waals surface area contributed by atoms with Crippen molar-refractivity contribution < 1.29 is 14.3 Å². The van der Waals surface area contributed by atoms with Crippen molar-refractivity contribution in [1.29, 1.82) is 0 Å². The van der Waals surface area contributed by atoms with E-state index in [4.69, 9.17) is 9.47 Å². The van der Waals surface area contributed by atoms with Gasteiger partial charge < -0.3 is 14.8 Å². The third kappa shape index (κ3) is 4.25. The molecule has 2 aromatic carbocycles. The topological polar surface area (TPSA) is 77.8 Å². The number of nitrogens with zero attached hydrogens (tertiary/aromatic N) is 3. The largest absolute Gasteiger partial charge is 0.497 e. The van der Waals surface area contributed by atoms with Gasteiger partial charge in [-0.05, 0) is 48.4 Å². The summed E-state index contributed by atoms with van der Waals surface area (Å²) in [7, 11) is 3.21. The summed E-state index contributed by atoms with van der Waals surface area (Å²) in [4.78, 5) is 21.3. The van der Waals surface area contributed by atoms with Gasteiger partial charge >= 0.3 is 0 Å². The van der Waals surface area contributed by atoms with Crippen molar-refractivity contribution in [3.63, 3.8) is 0 Å². The van der Waals surface area contributed by atoms with Gasteiger partial charge in [-0.1, -0.05) is 12.1 Å². The highest BCUT2D eigenvalue weighted by Crippen LogP contribution is 2.30. The van der Waals surface area contributed by atoms with E-state index in [1.807, 2.05) is 65.3 Å². The standard InChI is InChI=1S/C23H22N4O3/c1-29-18-8-4-16(5-9-18)6-11-22(28)25-19-14-17(7-10-21(19)30-2)20-15-27-13-3-12-24-23(27)26-20/h3-5,7-10,12-15H,6,11H2,1-2H3,(H,25,28). The van der Waals surface area contributed by atoms with E-state index in [1.54, 1.807) is 20.4 Å². The van der Waals surface area contributed by atoms with Crippen LogP contribution in [-0.4, -0.2) is 34.5 Å². The summed E-state index contributed by atoms with van der Waals surface area (Å²) >= 11 is 0. The molecular formula is C23H22N4O3. The zero-order valence-electron chi connectivity index (χ0n) is 16.8. The number of ether oxygens (including phenoxy) is 2. The molecule has 0 spiro atoms. The number of aromatic nitrogens is 3. The number of rotatable bonds is 7. The minimum absolute atomic E-state index is 0.0852. The summed E-state index contributed by atoms with van der Waals surface area (Å²) in [5.74, 6) is 1.93. The zero-order chi connectivity index (χ0) is 20.9. The van der Waals surface area contributed by atoms with E-state index in [2.05, 4.69) is 15.3 Å². The number of carbonyl (C=O) groups is 1. The van der Waals surface area contributed by atoms with Crippen molar-refractivity contribution in [2.24, 2.45) is 0 Å². The van der Waals surface area contributed by atoms with E-state index in [1.165, 1.54) is 0 Å². The SMILES string of the molecule is COc1ccc(CCC(=O)Nc2cc(-c3cn4cccnc4n3)ccc2OC)cc1. The number of imidazole rings is 1. The molecule has 30 heavy (non-hydrogen) atoms. The summed E-state index contributed by atoms with van der Waals surface area (Å²) in [6, 6.07) is 15.2. The van der Waals surface area contributed by atoms with Crippen LogP contribution < -0.4 is 14.8 Å². The maximum atomic E-state index is 12.5. The summed E-state index contributed by atoms with van der Waals surface area (Å²) in [5.41, 5.74) is 3.32. The van der Waals surface area contributed by atoms with Crippen LogP contribution in [0.4, 0.5) is 5.69 Å². The number of fused-ring (bicyclic) bond motifs is 1. The second-order valence-electron chi connectivity index (χ2n) is 6.76. The Labute approximate surface area is 174 Å². The van der Waals surface area contributed by atoms with E-state index in [0.29, 0.717) is 30.1 Å². The molecule has 0 saturated carbocycles. The van der Waals surface area contributed by atoms with Crippen LogP contribution in [0.25, 0.3) is 17.0 Å². The zero-order valence-corrected chi connectivity index (χ0v) is 16.8. The fraction of sp³-hybridized carbons (Fsp3) is 0.174. The van der Waals surface area contributed by atoms with E-state index in [-0.39, 0.29) is 5.91 Å². The molecule has 0 aliphatic heterocycles. The Morgan fingerprint density at radius 3 is 2.67 bits per heavy atom. The summed E-state index contributed by atoms with van der Waals surface area (Å²) in [6.07, 6.45) is 6.49. The van der Waals surface area contributed by atoms with Crippen molar-refractivity contribution in [3.05, 3.63) is 72.7 Å². The van der Waals surface area contributed by atoms with Gasteiger partial charge in [0.25, 0.3) is 0 Å².